The van der Waals surface area contributed by atoms with Gasteiger partial charge in [-0.3, -0.25) is 9.89 Å². The van der Waals surface area contributed by atoms with Crippen LogP contribution in [0.15, 0.2) is 90.0 Å². The molecule has 3 aromatic carbocycles. The summed E-state index contributed by atoms with van der Waals surface area (Å²) in [6, 6.07) is 26.2. The van der Waals surface area contributed by atoms with E-state index in [1.165, 1.54) is 0 Å². The lowest BCUT2D eigenvalue weighted by Crippen LogP contribution is -2.17. The number of amides is 1. The number of carbonyl (C=O) groups is 1. The average Bonchev–Trinajstić information content (AvgIpc) is 3.30. The minimum absolute atomic E-state index is 0.319. The molecule has 0 saturated carbocycles. The maximum atomic E-state index is 12.3. The van der Waals surface area contributed by atoms with Crippen LogP contribution in [0.3, 0.4) is 0 Å². The van der Waals surface area contributed by atoms with E-state index in [0.717, 1.165) is 16.7 Å². The van der Waals surface area contributed by atoms with E-state index < -0.39 is 0 Å². The van der Waals surface area contributed by atoms with E-state index in [1.54, 1.807) is 12.3 Å². The number of hydrazone groups is 1. The number of H-pyrrole nitrogens is 1. The minimum atomic E-state index is -0.370. The fraction of sp³-hybridized carbons (Fsp3) is 0.0417. The number of benzene rings is 3. The first-order chi connectivity index (χ1) is 15.2. The highest BCUT2D eigenvalue weighted by Gasteiger charge is 2.10. The van der Waals surface area contributed by atoms with Crippen molar-refractivity contribution in [3.63, 3.8) is 0 Å². The smallest absolute Gasteiger partial charge is 0.289 e. The van der Waals surface area contributed by atoms with Gasteiger partial charge in [0.2, 0.25) is 0 Å². The molecular weight excluding hydrogens is 412 g/mol. The van der Waals surface area contributed by atoms with Crippen molar-refractivity contribution in [2.45, 2.75) is 6.61 Å². The molecule has 1 amide bonds. The summed E-state index contributed by atoms with van der Waals surface area (Å²) >= 11 is 6.15. The summed E-state index contributed by atoms with van der Waals surface area (Å²) in [5.74, 6) is 0.345. The van der Waals surface area contributed by atoms with Crippen molar-refractivity contribution in [2.24, 2.45) is 5.10 Å². The molecule has 2 N–H and O–H groups in total. The summed E-state index contributed by atoms with van der Waals surface area (Å²) in [5, 5.41) is 11.6. The van der Waals surface area contributed by atoms with Crippen molar-refractivity contribution in [3.8, 4) is 17.0 Å². The second kappa shape index (κ2) is 9.73. The van der Waals surface area contributed by atoms with Gasteiger partial charge in [0, 0.05) is 16.1 Å². The third-order valence-electron chi connectivity index (χ3n) is 4.50. The van der Waals surface area contributed by atoms with Gasteiger partial charge < -0.3 is 4.74 Å². The van der Waals surface area contributed by atoms with Crippen LogP contribution >= 0.6 is 11.6 Å². The van der Waals surface area contributed by atoms with Gasteiger partial charge in [-0.05, 0) is 42.0 Å². The fourth-order valence-electron chi connectivity index (χ4n) is 2.85. The standard InChI is InChI=1S/C24H19ClN4O2/c25-21-9-5-4-8-19(21)16-31-20-12-10-18(11-13-20)22-14-23(28-27-22)24(30)29-26-15-17-6-2-1-3-7-17/h1-15H,16H2,(H,27,28)(H,29,30)/b26-15-. The number of carbonyl (C=O) groups excluding carboxylic acids is 1. The van der Waals surface area contributed by atoms with E-state index >= 15 is 0 Å². The minimum Gasteiger partial charge on any atom is -0.489 e. The Balaban J connectivity index is 1.35. The Morgan fingerprint density at radius 2 is 1.77 bits per heavy atom. The Bertz CT molecular complexity index is 1190. The molecule has 0 atom stereocenters. The summed E-state index contributed by atoms with van der Waals surface area (Å²) in [4.78, 5) is 12.3. The lowest BCUT2D eigenvalue weighted by atomic mass is 10.1. The molecule has 154 valence electrons. The Labute approximate surface area is 184 Å². The molecule has 0 aliphatic rings. The van der Waals surface area contributed by atoms with E-state index in [9.17, 15) is 4.79 Å². The van der Waals surface area contributed by atoms with Gasteiger partial charge in [0.25, 0.3) is 5.91 Å². The second-order valence-corrected chi connectivity index (χ2v) is 7.09. The van der Waals surface area contributed by atoms with E-state index in [2.05, 4.69) is 20.7 Å². The van der Waals surface area contributed by atoms with Gasteiger partial charge in [0.05, 0.1) is 11.9 Å². The lowest BCUT2D eigenvalue weighted by molar-refractivity contribution is 0.0950. The molecule has 31 heavy (non-hydrogen) atoms. The van der Waals surface area contributed by atoms with Crippen molar-refractivity contribution >= 4 is 23.7 Å². The van der Waals surface area contributed by atoms with E-state index in [0.29, 0.717) is 28.8 Å². The molecule has 1 aromatic heterocycles. The molecule has 1 heterocycles. The van der Waals surface area contributed by atoms with Gasteiger partial charge in [-0.25, -0.2) is 5.43 Å². The first-order valence-corrected chi connectivity index (χ1v) is 9.97. The molecule has 0 bridgehead atoms. The topological polar surface area (TPSA) is 79.4 Å². The molecule has 0 aliphatic heterocycles. The molecule has 0 saturated heterocycles. The fourth-order valence-corrected chi connectivity index (χ4v) is 3.04. The van der Waals surface area contributed by atoms with Gasteiger partial charge >= 0.3 is 0 Å². The van der Waals surface area contributed by atoms with Crippen molar-refractivity contribution in [2.75, 3.05) is 0 Å². The van der Waals surface area contributed by atoms with Crippen LogP contribution < -0.4 is 10.2 Å². The molecule has 0 spiro atoms. The third kappa shape index (κ3) is 5.38. The Kier molecular flexibility index (Phi) is 6.40. The molecule has 0 unspecified atom stereocenters. The van der Waals surface area contributed by atoms with Crippen LogP contribution in [0.5, 0.6) is 5.75 Å². The summed E-state index contributed by atoms with van der Waals surface area (Å²) in [7, 11) is 0. The van der Waals surface area contributed by atoms with E-state index in [1.807, 2.05) is 78.9 Å². The van der Waals surface area contributed by atoms with Crippen molar-refractivity contribution in [1.82, 2.24) is 15.6 Å². The van der Waals surface area contributed by atoms with Gasteiger partial charge in [0.15, 0.2) is 0 Å². The highest BCUT2D eigenvalue weighted by molar-refractivity contribution is 6.31. The first-order valence-electron chi connectivity index (χ1n) is 9.59. The highest BCUT2D eigenvalue weighted by atomic mass is 35.5. The van der Waals surface area contributed by atoms with Crippen LogP contribution in [0, 0.1) is 0 Å². The monoisotopic (exact) mass is 430 g/mol. The lowest BCUT2D eigenvalue weighted by Gasteiger charge is -2.08. The number of aromatic amines is 1. The van der Waals surface area contributed by atoms with Gasteiger partial charge in [-0.15, -0.1) is 0 Å². The Hall–Kier alpha value is -3.90. The Morgan fingerprint density at radius 3 is 2.55 bits per heavy atom. The molecule has 4 rings (SSSR count). The van der Waals surface area contributed by atoms with Gasteiger partial charge in [-0.1, -0.05) is 60.1 Å². The Morgan fingerprint density at radius 1 is 1.03 bits per heavy atom. The predicted octanol–water partition coefficient (Wildman–Crippen LogP) is 5.07. The van der Waals surface area contributed by atoms with Gasteiger partial charge in [0.1, 0.15) is 18.1 Å². The molecule has 6 nitrogen and oxygen atoms in total. The maximum absolute atomic E-state index is 12.3. The second-order valence-electron chi connectivity index (χ2n) is 6.68. The van der Waals surface area contributed by atoms with E-state index in [-0.39, 0.29) is 5.91 Å². The number of rotatable bonds is 7. The molecule has 7 heteroatoms. The van der Waals surface area contributed by atoms with Crippen LogP contribution in [-0.2, 0) is 6.61 Å². The number of hydrogen-bond acceptors (Lipinski definition) is 4. The number of nitrogens with zero attached hydrogens (tertiary/aromatic N) is 2. The molecular formula is C24H19ClN4O2. The summed E-state index contributed by atoms with van der Waals surface area (Å²) in [6.45, 7) is 0.384. The molecule has 0 aliphatic carbocycles. The average molecular weight is 431 g/mol. The van der Waals surface area contributed by atoms with Crippen molar-refractivity contribution in [1.29, 1.82) is 0 Å². The maximum Gasteiger partial charge on any atom is 0.289 e. The van der Waals surface area contributed by atoms with E-state index in [4.69, 9.17) is 16.3 Å². The zero-order valence-corrected chi connectivity index (χ0v) is 17.2. The van der Waals surface area contributed by atoms with Crippen LogP contribution in [0.2, 0.25) is 5.02 Å². The summed E-state index contributed by atoms with van der Waals surface area (Å²) in [5.41, 5.74) is 6.12. The summed E-state index contributed by atoms with van der Waals surface area (Å²) in [6.07, 6.45) is 1.58. The quantitative estimate of drug-likeness (QED) is 0.317. The SMILES string of the molecule is O=C(N/N=C\c1ccccc1)c1cc(-c2ccc(OCc3ccccc3Cl)cc2)n[nH]1. The number of nitrogens with one attached hydrogen (secondary N) is 2. The number of ether oxygens (including phenoxy) is 1. The van der Waals surface area contributed by atoms with Crippen LogP contribution in [-0.4, -0.2) is 22.3 Å². The summed E-state index contributed by atoms with van der Waals surface area (Å²) < 4.78 is 5.80. The number of aromatic nitrogens is 2. The normalized spacial score (nSPS) is 10.9. The third-order valence-corrected chi connectivity index (χ3v) is 4.87. The highest BCUT2D eigenvalue weighted by Crippen LogP contribution is 2.23. The number of hydrogen-bond donors (Lipinski definition) is 2. The largest absolute Gasteiger partial charge is 0.489 e. The molecule has 4 aromatic rings. The van der Waals surface area contributed by atoms with Crippen LogP contribution in [0.4, 0.5) is 0 Å². The molecule has 0 fully saturated rings. The van der Waals surface area contributed by atoms with Crippen molar-refractivity contribution < 1.29 is 9.53 Å². The zero-order valence-electron chi connectivity index (χ0n) is 16.5. The van der Waals surface area contributed by atoms with Crippen LogP contribution in [0.1, 0.15) is 21.6 Å². The first kappa shape index (κ1) is 20.4. The molecule has 0 radical (unpaired) electrons. The zero-order chi connectivity index (χ0) is 21.5. The van der Waals surface area contributed by atoms with Crippen molar-refractivity contribution in [3.05, 3.63) is 107 Å². The van der Waals surface area contributed by atoms with Gasteiger partial charge in [-0.2, -0.15) is 10.2 Å². The predicted molar refractivity (Wildman–Crippen MR) is 121 cm³/mol. The van der Waals surface area contributed by atoms with Crippen LogP contribution in [0.25, 0.3) is 11.3 Å². The number of halogens is 1.